The van der Waals surface area contributed by atoms with Gasteiger partial charge in [0.15, 0.2) is 0 Å². The first-order valence-corrected chi connectivity index (χ1v) is 2.82. The molecule has 0 radical (unpaired) electrons. The highest BCUT2D eigenvalue weighted by atomic mass is 16.0. The second kappa shape index (κ2) is 9.99. The Hall–Kier alpha value is -0.120. The van der Waals surface area contributed by atoms with Gasteiger partial charge in [0.25, 0.3) is 0 Å². The lowest BCUT2D eigenvalue weighted by Gasteiger charge is -1.95. The van der Waals surface area contributed by atoms with Crippen molar-refractivity contribution >= 4 is 0 Å². The van der Waals surface area contributed by atoms with Crippen molar-refractivity contribution in [3.63, 3.8) is 0 Å². The predicted octanol–water partition coefficient (Wildman–Crippen LogP) is -0.532. The Balaban J connectivity index is 0. The molecule has 0 saturated heterocycles. The molecule has 0 heterocycles. The van der Waals surface area contributed by atoms with Crippen molar-refractivity contribution in [3.8, 4) is 0 Å². The predicted molar refractivity (Wildman–Crippen MR) is 35.6 cm³/mol. The summed E-state index contributed by atoms with van der Waals surface area (Å²) in [5, 5.41) is 3.03. The first-order valence-electron chi connectivity index (χ1n) is 2.82. The molecule has 0 amide bonds. The van der Waals surface area contributed by atoms with Gasteiger partial charge in [0.05, 0.1) is 0 Å². The van der Waals surface area contributed by atoms with Gasteiger partial charge in [-0.1, -0.05) is 13.3 Å². The van der Waals surface area contributed by atoms with E-state index < -0.39 is 0 Å². The van der Waals surface area contributed by atoms with Crippen LogP contribution in [0.15, 0.2) is 0 Å². The van der Waals surface area contributed by atoms with Gasteiger partial charge in [-0.05, 0) is 13.0 Å². The van der Waals surface area contributed by atoms with E-state index in [0.29, 0.717) is 6.67 Å². The average molecular weight is 120 g/mol. The van der Waals surface area contributed by atoms with Crippen molar-refractivity contribution in [2.24, 2.45) is 5.73 Å². The molecule has 0 aliphatic carbocycles. The van der Waals surface area contributed by atoms with Crippen LogP contribution < -0.4 is 11.1 Å². The maximum absolute atomic E-state index is 5.16. The average Bonchev–Trinajstić information content (AvgIpc) is 1.69. The van der Waals surface area contributed by atoms with E-state index in [1.165, 1.54) is 12.8 Å². The van der Waals surface area contributed by atoms with Crippen LogP contribution in [0.2, 0.25) is 0 Å². The molecule has 0 fully saturated rings. The van der Waals surface area contributed by atoms with E-state index in [9.17, 15) is 0 Å². The molecule has 0 aromatic rings. The number of nitrogens with one attached hydrogen (secondary N) is 1. The van der Waals surface area contributed by atoms with Crippen LogP contribution in [0.25, 0.3) is 0 Å². The number of rotatable bonds is 4. The molecular formula is C5H16N2O. The summed E-state index contributed by atoms with van der Waals surface area (Å²) in [6.45, 7) is 3.84. The van der Waals surface area contributed by atoms with Gasteiger partial charge in [-0.3, -0.25) is 0 Å². The molecule has 0 saturated carbocycles. The van der Waals surface area contributed by atoms with Gasteiger partial charge < -0.3 is 16.5 Å². The van der Waals surface area contributed by atoms with Crippen LogP contribution in [0.3, 0.4) is 0 Å². The molecule has 5 N–H and O–H groups in total. The summed E-state index contributed by atoms with van der Waals surface area (Å²) < 4.78 is 0. The van der Waals surface area contributed by atoms with Crippen LogP contribution >= 0.6 is 0 Å². The normalized spacial score (nSPS) is 8.25. The number of unbranched alkanes of at least 4 members (excludes halogenated alkanes) is 1. The van der Waals surface area contributed by atoms with Crippen LogP contribution in [-0.2, 0) is 0 Å². The fourth-order valence-electron chi connectivity index (χ4n) is 0.404. The largest absolute Gasteiger partial charge is 0.412 e. The van der Waals surface area contributed by atoms with Gasteiger partial charge in [-0.15, -0.1) is 0 Å². The number of hydrogen-bond acceptors (Lipinski definition) is 2. The number of hydrogen-bond donors (Lipinski definition) is 2. The van der Waals surface area contributed by atoms with E-state index >= 15 is 0 Å². The second-order valence-electron chi connectivity index (χ2n) is 1.56. The summed E-state index contributed by atoms with van der Waals surface area (Å²) in [4.78, 5) is 0. The molecule has 3 nitrogen and oxygen atoms in total. The monoisotopic (exact) mass is 120 g/mol. The van der Waals surface area contributed by atoms with Crippen LogP contribution in [0.5, 0.6) is 0 Å². The molecule has 0 rings (SSSR count). The zero-order valence-electron chi connectivity index (χ0n) is 5.41. The van der Waals surface area contributed by atoms with Crippen LogP contribution in [0, 0.1) is 0 Å². The molecule has 8 heavy (non-hydrogen) atoms. The number of nitrogens with two attached hydrogens (primary N) is 1. The van der Waals surface area contributed by atoms with E-state index in [4.69, 9.17) is 5.73 Å². The van der Waals surface area contributed by atoms with Crippen molar-refractivity contribution in [3.05, 3.63) is 0 Å². The molecule has 0 bridgehead atoms. The van der Waals surface area contributed by atoms with Crippen LogP contribution in [-0.4, -0.2) is 18.7 Å². The van der Waals surface area contributed by atoms with Gasteiger partial charge in [0.2, 0.25) is 0 Å². The first kappa shape index (κ1) is 10.8. The molecular weight excluding hydrogens is 104 g/mol. The molecule has 0 aliphatic rings. The van der Waals surface area contributed by atoms with Crippen LogP contribution in [0.1, 0.15) is 19.8 Å². The molecule has 0 aromatic heterocycles. The van der Waals surface area contributed by atoms with E-state index in [0.717, 1.165) is 6.54 Å². The van der Waals surface area contributed by atoms with Crippen molar-refractivity contribution in [1.82, 2.24) is 5.32 Å². The third kappa shape index (κ3) is 9.30. The fraction of sp³-hybridized carbons (Fsp3) is 1.00. The lowest BCUT2D eigenvalue weighted by Crippen LogP contribution is -2.22. The second-order valence-corrected chi connectivity index (χ2v) is 1.56. The Labute approximate surface area is 50.6 Å². The molecule has 0 spiro atoms. The summed E-state index contributed by atoms with van der Waals surface area (Å²) in [5.74, 6) is 0. The third-order valence-electron chi connectivity index (χ3n) is 0.851. The maximum atomic E-state index is 5.16. The lowest BCUT2D eigenvalue weighted by atomic mass is 10.3. The van der Waals surface area contributed by atoms with Crippen LogP contribution in [0.4, 0.5) is 0 Å². The molecule has 0 unspecified atom stereocenters. The van der Waals surface area contributed by atoms with E-state index in [-0.39, 0.29) is 5.48 Å². The Morgan fingerprint density at radius 3 is 2.50 bits per heavy atom. The quantitative estimate of drug-likeness (QED) is 0.386. The van der Waals surface area contributed by atoms with E-state index in [1.807, 2.05) is 0 Å². The van der Waals surface area contributed by atoms with Crippen molar-refractivity contribution in [2.45, 2.75) is 19.8 Å². The van der Waals surface area contributed by atoms with E-state index in [2.05, 4.69) is 12.2 Å². The molecule has 0 atom stereocenters. The molecule has 0 aromatic carbocycles. The highest BCUT2D eigenvalue weighted by Crippen LogP contribution is 1.79. The SMILES string of the molecule is CCCCNCN.O. The molecule has 52 valence electrons. The maximum Gasteiger partial charge on any atom is 0.0428 e. The van der Waals surface area contributed by atoms with Gasteiger partial charge in [0.1, 0.15) is 0 Å². The summed E-state index contributed by atoms with van der Waals surface area (Å²) in [6.07, 6.45) is 2.48. The summed E-state index contributed by atoms with van der Waals surface area (Å²) in [5.41, 5.74) is 5.16. The van der Waals surface area contributed by atoms with Crippen molar-refractivity contribution < 1.29 is 5.48 Å². The van der Waals surface area contributed by atoms with Gasteiger partial charge in [-0.25, -0.2) is 0 Å². The zero-order chi connectivity index (χ0) is 5.54. The Morgan fingerprint density at radius 2 is 2.12 bits per heavy atom. The Morgan fingerprint density at radius 1 is 1.50 bits per heavy atom. The van der Waals surface area contributed by atoms with Crippen molar-refractivity contribution in [1.29, 1.82) is 0 Å². The van der Waals surface area contributed by atoms with E-state index in [1.54, 1.807) is 0 Å². The minimum atomic E-state index is 0. The Kier molecular flexibility index (Phi) is 13.5. The first-order chi connectivity index (χ1) is 3.41. The highest BCUT2D eigenvalue weighted by molar-refractivity contribution is 4.38. The minimum absolute atomic E-state index is 0. The van der Waals surface area contributed by atoms with Gasteiger partial charge in [-0.2, -0.15) is 0 Å². The summed E-state index contributed by atoms with van der Waals surface area (Å²) in [7, 11) is 0. The van der Waals surface area contributed by atoms with Crippen molar-refractivity contribution in [2.75, 3.05) is 13.2 Å². The fourth-order valence-corrected chi connectivity index (χ4v) is 0.404. The smallest absolute Gasteiger partial charge is 0.0428 e. The third-order valence-corrected chi connectivity index (χ3v) is 0.851. The molecule has 0 aliphatic heterocycles. The Bertz CT molecular complexity index is 29.6. The minimum Gasteiger partial charge on any atom is -0.412 e. The zero-order valence-corrected chi connectivity index (χ0v) is 5.41. The summed E-state index contributed by atoms with van der Waals surface area (Å²) in [6, 6.07) is 0. The lowest BCUT2D eigenvalue weighted by molar-refractivity contribution is 0.653. The topological polar surface area (TPSA) is 69.5 Å². The highest BCUT2D eigenvalue weighted by Gasteiger charge is 1.77. The van der Waals surface area contributed by atoms with Gasteiger partial charge >= 0.3 is 0 Å². The summed E-state index contributed by atoms with van der Waals surface area (Å²) >= 11 is 0. The molecule has 3 heteroatoms. The van der Waals surface area contributed by atoms with Gasteiger partial charge in [0, 0.05) is 6.67 Å². The standard InChI is InChI=1S/C5H14N2.H2O/c1-2-3-4-7-5-6;/h7H,2-6H2,1H3;1H2.